The zero-order valence-corrected chi connectivity index (χ0v) is 9.56. The van der Waals surface area contributed by atoms with Crippen LogP contribution in [0.15, 0.2) is 4.52 Å². The number of aromatic nitrogens is 1. The van der Waals surface area contributed by atoms with Crippen LogP contribution in [0.4, 0.5) is 0 Å². The lowest BCUT2D eigenvalue weighted by Gasteiger charge is -1.99. The molecule has 0 radical (unpaired) electrons. The first-order valence-corrected chi connectivity index (χ1v) is 5.53. The van der Waals surface area contributed by atoms with Crippen molar-refractivity contribution in [3.63, 3.8) is 0 Å². The molecule has 0 bridgehead atoms. The number of methoxy groups -OCH3 is 1. The third-order valence-corrected chi connectivity index (χ3v) is 2.44. The molecule has 0 atom stereocenters. The predicted molar refractivity (Wildman–Crippen MR) is 54.3 cm³/mol. The lowest BCUT2D eigenvalue weighted by Crippen LogP contribution is -1.92. The molecule has 0 aliphatic rings. The molecule has 0 spiro atoms. The van der Waals surface area contributed by atoms with Crippen molar-refractivity contribution in [3.05, 3.63) is 11.3 Å². The van der Waals surface area contributed by atoms with Crippen LogP contribution in [0, 0.1) is 0 Å². The summed E-state index contributed by atoms with van der Waals surface area (Å²) in [7, 11) is 1.62. The van der Waals surface area contributed by atoms with Crippen LogP contribution in [0.3, 0.4) is 0 Å². The van der Waals surface area contributed by atoms with E-state index in [1.165, 1.54) is 0 Å². The van der Waals surface area contributed by atoms with Crippen molar-refractivity contribution in [3.8, 4) is 5.88 Å². The summed E-state index contributed by atoms with van der Waals surface area (Å²) in [5, 5.41) is 4.53. The van der Waals surface area contributed by atoms with Gasteiger partial charge in [0.25, 0.3) is 5.88 Å². The van der Waals surface area contributed by atoms with Crippen molar-refractivity contribution >= 4 is 15.9 Å². The van der Waals surface area contributed by atoms with Gasteiger partial charge in [-0.25, -0.2) is 0 Å². The summed E-state index contributed by atoms with van der Waals surface area (Å²) in [6, 6.07) is 0. The number of unbranched alkanes of at least 4 members (excludes halogenated alkanes) is 1. The van der Waals surface area contributed by atoms with Crippen LogP contribution in [-0.2, 0) is 11.8 Å². The molecule has 0 saturated carbocycles. The van der Waals surface area contributed by atoms with Crippen molar-refractivity contribution in [2.75, 3.05) is 7.11 Å². The van der Waals surface area contributed by atoms with E-state index in [1.807, 2.05) is 0 Å². The molecule has 13 heavy (non-hydrogen) atoms. The van der Waals surface area contributed by atoms with Gasteiger partial charge in [0.2, 0.25) is 0 Å². The maximum atomic E-state index is 5.11. The van der Waals surface area contributed by atoms with Crippen LogP contribution in [-0.4, -0.2) is 12.3 Å². The summed E-state index contributed by atoms with van der Waals surface area (Å²) >= 11 is 3.35. The van der Waals surface area contributed by atoms with Crippen molar-refractivity contribution in [2.24, 2.45) is 0 Å². The number of ether oxygens (including phenoxy) is 1. The number of alkyl halides is 1. The molecule has 1 heterocycles. The van der Waals surface area contributed by atoms with Crippen molar-refractivity contribution in [2.45, 2.75) is 31.5 Å². The van der Waals surface area contributed by atoms with E-state index in [0.717, 1.165) is 30.6 Å². The van der Waals surface area contributed by atoms with Gasteiger partial charge in [0.15, 0.2) is 5.76 Å². The topological polar surface area (TPSA) is 35.3 Å². The van der Waals surface area contributed by atoms with Crippen molar-refractivity contribution < 1.29 is 9.26 Å². The second kappa shape index (κ2) is 5.27. The van der Waals surface area contributed by atoms with Gasteiger partial charge in [0, 0.05) is 0 Å². The Morgan fingerprint density at radius 3 is 2.85 bits per heavy atom. The van der Waals surface area contributed by atoms with Crippen LogP contribution < -0.4 is 4.74 Å². The molecule has 1 rings (SSSR count). The summed E-state index contributed by atoms with van der Waals surface area (Å²) in [4.78, 5) is 0. The molecule has 3 nitrogen and oxygen atoms in total. The first-order chi connectivity index (χ1) is 6.33. The predicted octanol–water partition coefficient (Wildman–Crippen LogP) is 2.92. The SMILES string of the molecule is CCCCc1c(OC)noc1CBr. The molecule has 0 unspecified atom stereocenters. The molecule has 4 heteroatoms. The minimum atomic E-state index is 0.628. The maximum Gasteiger partial charge on any atom is 0.257 e. The van der Waals surface area contributed by atoms with Crippen LogP contribution >= 0.6 is 15.9 Å². The largest absolute Gasteiger partial charge is 0.479 e. The minimum Gasteiger partial charge on any atom is -0.479 e. The van der Waals surface area contributed by atoms with Crippen LogP contribution in [0.25, 0.3) is 0 Å². The average molecular weight is 248 g/mol. The highest BCUT2D eigenvalue weighted by Crippen LogP contribution is 2.24. The third-order valence-electron chi connectivity index (χ3n) is 1.93. The molecule has 0 N–H and O–H groups in total. The minimum absolute atomic E-state index is 0.628. The van der Waals surface area contributed by atoms with E-state index in [0.29, 0.717) is 11.2 Å². The number of nitrogens with zero attached hydrogens (tertiary/aromatic N) is 1. The van der Waals surface area contributed by atoms with E-state index in [4.69, 9.17) is 9.26 Å². The van der Waals surface area contributed by atoms with E-state index in [9.17, 15) is 0 Å². The van der Waals surface area contributed by atoms with Crippen molar-refractivity contribution in [1.82, 2.24) is 5.16 Å². The lowest BCUT2D eigenvalue weighted by molar-refractivity contribution is 0.330. The second-order valence-corrected chi connectivity index (χ2v) is 3.39. The normalized spacial score (nSPS) is 10.4. The summed E-state index contributed by atoms with van der Waals surface area (Å²) in [5.41, 5.74) is 1.10. The van der Waals surface area contributed by atoms with E-state index < -0.39 is 0 Å². The van der Waals surface area contributed by atoms with E-state index in [1.54, 1.807) is 7.11 Å². The quantitative estimate of drug-likeness (QED) is 0.751. The van der Waals surface area contributed by atoms with Gasteiger partial charge in [0.05, 0.1) is 18.0 Å². The highest BCUT2D eigenvalue weighted by atomic mass is 79.9. The summed E-state index contributed by atoms with van der Waals surface area (Å²) in [6.45, 7) is 2.16. The average Bonchev–Trinajstić information content (AvgIpc) is 2.56. The Balaban J connectivity index is 2.78. The lowest BCUT2D eigenvalue weighted by atomic mass is 10.1. The van der Waals surface area contributed by atoms with Gasteiger partial charge >= 0.3 is 0 Å². The fraction of sp³-hybridized carbons (Fsp3) is 0.667. The molecule has 0 aliphatic carbocycles. The van der Waals surface area contributed by atoms with Gasteiger partial charge in [-0.2, -0.15) is 0 Å². The van der Waals surface area contributed by atoms with Gasteiger partial charge in [0.1, 0.15) is 0 Å². The third kappa shape index (κ3) is 2.46. The molecule has 0 amide bonds. The van der Waals surface area contributed by atoms with Gasteiger partial charge in [-0.05, 0) is 18.0 Å². The molecule has 0 aromatic carbocycles. The summed E-state index contributed by atoms with van der Waals surface area (Å²) < 4.78 is 10.2. The molecule has 0 fully saturated rings. The Morgan fingerprint density at radius 1 is 1.54 bits per heavy atom. The highest BCUT2D eigenvalue weighted by molar-refractivity contribution is 9.08. The number of hydrogen-bond acceptors (Lipinski definition) is 3. The van der Waals surface area contributed by atoms with Crippen LogP contribution in [0.2, 0.25) is 0 Å². The van der Waals surface area contributed by atoms with E-state index >= 15 is 0 Å². The fourth-order valence-electron chi connectivity index (χ4n) is 1.19. The molecule has 1 aromatic rings. The van der Waals surface area contributed by atoms with E-state index in [-0.39, 0.29) is 0 Å². The number of hydrogen-bond donors (Lipinski definition) is 0. The number of halogens is 1. The molecule has 0 aliphatic heterocycles. The monoisotopic (exact) mass is 247 g/mol. The van der Waals surface area contributed by atoms with Crippen LogP contribution in [0.5, 0.6) is 5.88 Å². The Bertz CT molecular complexity index is 239. The second-order valence-electron chi connectivity index (χ2n) is 2.83. The van der Waals surface area contributed by atoms with Gasteiger partial charge < -0.3 is 9.26 Å². The fourth-order valence-corrected chi connectivity index (χ4v) is 1.63. The Kier molecular flexibility index (Phi) is 4.28. The van der Waals surface area contributed by atoms with E-state index in [2.05, 4.69) is 28.0 Å². The first kappa shape index (κ1) is 10.6. The Hall–Kier alpha value is -0.510. The molecular formula is C9H14BrNO2. The standard InChI is InChI=1S/C9H14BrNO2/c1-3-4-5-7-8(6-10)13-11-9(7)12-2/h3-6H2,1-2H3. The van der Waals surface area contributed by atoms with Crippen molar-refractivity contribution in [1.29, 1.82) is 0 Å². The molecule has 0 saturated heterocycles. The molecule has 74 valence electrons. The van der Waals surface area contributed by atoms with Gasteiger partial charge in [-0.1, -0.05) is 29.3 Å². The zero-order chi connectivity index (χ0) is 9.68. The molecular weight excluding hydrogens is 234 g/mol. The van der Waals surface area contributed by atoms with Crippen LogP contribution in [0.1, 0.15) is 31.1 Å². The van der Waals surface area contributed by atoms with Gasteiger partial charge in [-0.3, -0.25) is 0 Å². The number of rotatable bonds is 5. The summed E-state index contributed by atoms with van der Waals surface area (Å²) in [6.07, 6.45) is 3.28. The summed E-state index contributed by atoms with van der Waals surface area (Å²) in [5.74, 6) is 1.51. The van der Waals surface area contributed by atoms with Gasteiger partial charge in [-0.15, -0.1) is 0 Å². The molecule has 1 aromatic heterocycles. The Morgan fingerprint density at radius 2 is 2.31 bits per heavy atom. The maximum absolute atomic E-state index is 5.11. The Labute approximate surface area is 86.6 Å². The zero-order valence-electron chi connectivity index (χ0n) is 7.97. The highest BCUT2D eigenvalue weighted by Gasteiger charge is 2.14. The smallest absolute Gasteiger partial charge is 0.257 e. The first-order valence-electron chi connectivity index (χ1n) is 4.40.